The molecule has 0 unspecified atom stereocenters. The molecule has 0 aromatic rings. The maximum absolute atomic E-state index is 4.75. The number of likely N-dealkylation sites (tertiary alicyclic amines) is 1. The molecule has 1 aliphatic heterocycles. The molecule has 2 rings (SSSR count). The van der Waals surface area contributed by atoms with Gasteiger partial charge < -0.3 is 15.5 Å². The molecule has 136 valence electrons. The molecule has 23 heavy (non-hydrogen) atoms. The second-order valence-electron chi connectivity index (χ2n) is 7.12. The minimum absolute atomic E-state index is 0. The molecule has 1 saturated carbocycles. The number of guanidine groups is 1. The Morgan fingerprint density at radius 2 is 1.78 bits per heavy atom. The van der Waals surface area contributed by atoms with E-state index >= 15 is 0 Å². The topological polar surface area (TPSA) is 39.7 Å². The molecule has 2 N–H and O–H groups in total. The first-order chi connectivity index (χ1) is 10.8. The number of piperidine rings is 1. The fourth-order valence-corrected chi connectivity index (χ4v) is 3.51. The summed E-state index contributed by atoms with van der Waals surface area (Å²) in [5.74, 6) is 1.96. The van der Waals surface area contributed by atoms with Crippen molar-refractivity contribution in [2.75, 3.05) is 32.7 Å². The van der Waals surface area contributed by atoms with Crippen molar-refractivity contribution in [3.63, 3.8) is 0 Å². The molecule has 5 heteroatoms. The summed E-state index contributed by atoms with van der Waals surface area (Å²) >= 11 is 0. The molecule has 1 aliphatic carbocycles. The monoisotopic (exact) mass is 436 g/mol. The number of hydrogen-bond donors (Lipinski definition) is 2. The van der Waals surface area contributed by atoms with Crippen LogP contribution in [0.4, 0.5) is 0 Å². The van der Waals surface area contributed by atoms with Crippen molar-refractivity contribution >= 4 is 29.9 Å². The summed E-state index contributed by atoms with van der Waals surface area (Å²) in [6, 6.07) is 0.646. The number of aliphatic imine (C=N–C) groups is 1. The van der Waals surface area contributed by atoms with E-state index in [-0.39, 0.29) is 24.0 Å². The van der Waals surface area contributed by atoms with E-state index in [1.54, 1.807) is 0 Å². The number of hydrogen-bond acceptors (Lipinski definition) is 2. The van der Waals surface area contributed by atoms with Gasteiger partial charge in [0.15, 0.2) is 5.96 Å². The van der Waals surface area contributed by atoms with Gasteiger partial charge in [-0.25, -0.2) is 0 Å². The second kappa shape index (κ2) is 12.3. The Hall–Kier alpha value is -0.0400. The average Bonchev–Trinajstić information content (AvgIpc) is 3.02. The van der Waals surface area contributed by atoms with Crippen LogP contribution in [0.25, 0.3) is 0 Å². The third-order valence-corrected chi connectivity index (χ3v) is 5.07. The lowest BCUT2D eigenvalue weighted by molar-refractivity contribution is 0.190. The first-order valence-corrected chi connectivity index (χ1v) is 9.55. The van der Waals surface area contributed by atoms with Crippen molar-refractivity contribution in [3.8, 4) is 0 Å². The highest BCUT2D eigenvalue weighted by Crippen LogP contribution is 2.17. The van der Waals surface area contributed by atoms with Crippen molar-refractivity contribution in [1.29, 1.82) is 0 Å². The molecule has 1 saturated heterocycles. The largest absolute Gasteiger partial charge is 0.357 e. The predicted octanol–water partition coefficient (Wildman–Crippen LogP) is 3.61. The molecule has 0 aromatic heterocycles. The van der Waals surface area contributed by atoms with Crippen LogP contribution in [0.2, 0.25) is 0 Å². The fraction of sp³-hybridized carbons (Fsp3) is 0.944. The summed E-state index contributed by atoms with van der Waals surface area (Å²) in [7, 11) is 0. The number of unbranched alkanes of at least 4 members (excludes halogenated alkanes) is 1. The maximum Gasteiger partial charge on any atom is 0.191 e. The molecule has 0 aromatic carbocycles. The lowest BCUT2D eigenvalue weighted by Gasteiger charge is -2.30. The maximum atomic E-state index is 4.75. The number of nitrogens with one attached hydrogen (secondary N) is 2. The molecule has 0 amide bonds. The summed E-state index contributed by atoms with van der Waals surface area (Å²) < 4.78 is 0. The minimum atomic E-state index is 0. The van der Waals surface area contributed by atoms with Gasteiger partial charge in [-0.15, -0.1) is 24.0 Å². The van der Waals surface area contributed by atoms with Gasteiger partial charge in [0.25, 0.3) is 0 Å². The fourth-order valence-electron chi connectivity index (χ4n) is 3.51. The van der Waals surface area contributed by atoms with Crippen molar-refractivity contribution < 1.29 is 0 Å². The Kier molecular flexibility index (Phi) is 11.3. The highest BCUT2D eigenvalue weighted by molar-refractivity contribution is 14.0. The van der Waals surface area contributed by atoms with E-state index in [2.05, 4.69) is 29.4 Å². The van der Waals surface area contributed by atoms with Crippen LogP contribution in [0.15, 0.2) is 4.99 Å². The number of rotatable bonds is 7. The summed E-state index contributed by atoms with van der Waals surface area (Å²) in [6.07, 6.45) is 10.6. The Balaban J connectivity index is 0.00000264. The molecule has 0 spiro atoms. The van der Waals surface area contributed by atoms with Gasteiger partial charge in [0.2, 0.25) is 0 Å². The summed E-state index contributed by atoms with van der Waals surface area (Å²) in [6.45, 7) is 10.3. The second-order valence-corrected chi connectivity index (χ2v) is 7.12. The number of nitrogens with zero attached hydrogens (tertiary/aromatic N) is 2. The molecule has 4 nitrogen and oxygen atoms in total. The smallest absolute Gasteiger partial charge is 0.191 e. The third kappa shape index (κ3) is 8.57. The lowest BCUT2D eigenvalue weighted by Crippen LogP contribution is -2.42. The number of halogens is 1. The summed E-state index contributed by atoms with van der Waals surface area (Å²) in [5, 5.41) is 6.97. The van der Waals surface area contributed by atoms with Gasteiger partial charge in [0, 0.05) is 19.1 Å². The Labute approximate surface area is 160 Å². The van der Waals surface area contributed by atoms with E-state index in [1.807, 2.05) is 0 Å². The summed E-state index contributed by atoms with van der Waals surface area (Å²) in [4.78, 5) is 7.38. The van der Waals surface area contributed by atoms with Gasteiger partial charge in [0.1, 0.15) is 0 Å². The predicted molar refractivity (Wildman–Crippen MR) is 111 cm³/mol. The first kappa shape index (κ1) is 21.0. The van der Waals surface area contributed by atoms with Crippen LogP contribution in [0, 0.1) is 5.92 Å². The molecular weight excluding hydrogens is 399 g/mol. The Morgan fingerprint density at radius 3 is 2.43 bits per heavy atom. The van der Waals surface area contributed by atoms with Gasteiger partial charge in [-0.05, 0) is 71.0 Å². The summed E-state index contributed by atoms with van der Waals surface area (Å²) in [5.41, 5.74) is 0. The van der Waals surface area contributed by atoms with Crippen molar-refractivity contribution in [3.05, 3.63) is 0 Å². The van der Waals surface area contributed by atoms with E-state index < -0.39 is 0 Å². The van der Waals surface area contributed by atoms with Gasteiger partial charge >= 0.3 is 0 Å². The van der Waals surface area contributed by atoms with Crippen LogP contribution in [-0.4, -0.2) is 49.6 Å². The molecule has 2 fully saturated rings. The molecule has 0 radical (unpaired) electrons. The molecule has 0 atom stereocenters. The standard InChI is InChI=1S/C18H36N4.HI/c1-3-19-18(21-17-8-4-5-9-17)20-12-6-7-13-22-14-10-16(2)11-15-22;/h16-17H,3-15H2,1-2H3,(H2,19,20,21);1H. The van der Waals surface area contributed by atoms with Crippen LogP contribution in [-0.2, 0) is 0 Å². The van der Waals surface area contributed by atoms with Crippen molar-refractivity contribution in [2.24, 2.45) is 10.9 Å². The van der Waals surface area contributed by atoms with Crippen LogP contribution in [0.3, 0.4) is 0 Å². The average molecular weight is 436 g/mol. The van der Waals surface area contributed by atoms with E-state index in [4.69, 9.17) is 4.99 Å². The molecule has 0 bridgehead atoms. The van der Waals surface area contributed by atoms with E-state index in [0.717, 1.165) is 25.0 Å². The lowest BCUT2D eigenvalue weighted by atomic mass is 9.99. The van der Waals surface area contributed by atoms with Crippen LogP contribution in [0.5, 0.6) is 0 Å². The van der Waals surface area contributed by atoms with E-state index in [9.17, 15) is 0 Å². The van der Waals surface area contributed by atoms with Crippen LogP contribution < -0.4 is 10.6 Å². The van der Waals surface area contributed by atoms with Gasteiger partial charge in [0.05, 0.1) is 0 Å². The molecule has 2 aliphatic rings. The Morgan fingerprint density at radius 1 is 1.09 bits per heavy atom. The van der Waals surface area contributed by atoms with E-state index in [1.165, 1.54) is 71.0 Å². The SMILES string of the molecule is CCNC(=NCCCCN1CCC(C)CC1)NC1CCCC1.I. The third-order valence-electron chi connectivity index (χ3n) is 5.07. The zero-order valence-corrected chi connectivity index (χ0v) is 17.5. The van der Waals surface area contributed by atoms with Gasteiger partial charge in [-0.2, -0.15) is 0 Å². The quantitative estimate of drug-likeness (QED) is 0.277. The van der Waals surface area contributed by atoms with E-state index in [0.29, 0.717) is 6.04 Å². The van der Waals surface area contributed by atoms with Crippen LogP contribution in [0.1, 0.15) is 65.2 Å². The van der Waals surface area contributed by atoms with Gasteiger partial charge in [-0.3, -0.25) is 4.99 Å². The highest BCUT2D eigenvalue weighted by atomic mass is 127. The van der Waals surface area contributed by atoms with Crippen molar-refractivity contribution in [1.82, 2.24) is 15.5 Å². The van der Waals surface area contributed by atoms with Crippen molar-refractivity contribution in [2.45, 2.75) is 71.3 Å². The molecular formula is C18H37IN4. The zero-order chi connectivity index (χ0) is 15.6. The normalized spacial score (nSPS) is 21.2. The highest BCUT2D eigenvalue weighted by Gasteiger charge is 2.16. The minimum Gasteiger partial charge on any atom is -0.357 e. The zero-order valence-electron chi connectivity index (χ0n) is 15.1. The van der Waals surface area contributed by atoms with Crippen LogP contribution >= 0.6 is 24.0 Å². The molecule has 1 heterocycles. The Bertz CT molecular complexity index is 321. The van der Waals surface area contributed by atoms with Gasteiger partial charge in [-0.1, -0.05) is 19.8 Å². The first-order valence-electron chi connectivity index (χ1n) is 9.55.